The van der Waals surface area contributed by atoms with Gasteiger partial charge in [0.15, 0.2) is 0 Å². The molecule has 122 valence electrons. The molecule has 3 rings (SSSR count). The number of hydrogen-bond acceptors (Lipinski definition) is 2. The lowest BCUT2D eigenvalue weighted by atomic mass is 9.87. The molecule has 0 bridgehead atoms. The first kappa shape index (κ1) is 16.4. The minimum Gasteiger partial charge on any atom is -0.486 e. The van der Waals surface area contributed by atoms with Crippen LogP contribution in [0.25, 0.3) is 0 Å². The number of piperidine rings is 1. The van der Waals surface area contributed by atoms with Crippen molar-refractivity contribution in [2.24, 2.45) is 0 Å². The van der Waals surface area contributed by atoms with Gasteiger partial charge in [-0.3, -0.25) is 0 Å². The van der Waals surface area contributed by atoms with Gasteiger partial charge in [0.05, 0.1) is 0 Å². The monoisotopic (exact) mass is 329 g/mol. The lowest BCUT2D eigenvalue weighted by Gasteiger charge is -2.26. The average Bonchev–Trinajstić information content (AvgIpc) is 2.57. The Hall–Kier alpha value is -1.51. The van der Waals surface area contributed by atoms with Crippen LogP contribution in [0.1, 0.15) is 48.5 Å². The molecule has 1 heterocycles. The number of halogens is 1. The van der Waals surface area contributed by atoms with Crippen molar-refractivity contribution in [2.45, 2.75) is 38.7 Å². The Labute approximate surface area is 143 Å². The van der Waals surface area contributed by atoms with Crippen molar-refractivity contribution in [3.05, 3.63) is 64.2 Å². The molecule has 0 amide bonds. The van der Waals surface area contributed by atoms with E-state index in [2.05, 4.69) is 43.4 Å². The summed E-state index contributed by atoms with van der Waals surface area (Å²) in [5, 5.41) is 4.18. The van der Waals surface area contributed by atoms with Crippen LogP contribution in [0.4, 0.5) is 0 Å². The summed E-state index contributed by atoms with van der Waals surface area (Å²) in [6, 6.07) is 14.3. The van der Waals surface area contributed by atoms with Gasteiger partial charge in [-0.2, -0.15) is 0 Å². The van der Waals surface area contributed by atoms with Gasteiger partial charge in [0, 0.05) is 5.02 Å². The molecule has 1 atom stereocenters. The third kappa shape index (κ3) is 3.88. The molecule has 1 aliphatic heterocycles. The number of nitrogens with one attached hydrogen (secondary N) is 1. The molecule has 0 aromatic heterocycles. The minimum absolute atomic E-state index is 0.0179. The normalized spacial score (nSPS) is 17.0. The summed E-state index contributed by atoms with van der Waals surface area (Å²) in [6.45, 7) is 6.46. The van der Waals surface area contributed by atoms with Gasteiger partial charge in [-0.25, -0.2) is 0 Å². The van der Waals surface area contributed by atoms with E-state index in [1.54, 1.807) is 0 Å². The molecule has 0 spiro atoms. The lowest BCUT2D eigenvalue weighted by molar-refractivity contribution is 0.225. The molecule has 0 aliphatic carbocycles. The molecule has 2 aromatic carbocycles. The average molecular weight is 330 g/mol. The van der Waals surface area contributed by atoms with Crippen LogP contribution in [-0.2, 0) is 0 Å². The molecule has 2 nitrogen and oxygen atoms in total. The third-order valence-corrected chi connectivity index (χ3v) is 4.96. The van der Waals surface area contributed by atoms with Crippen molar-refractivity contribution in [1.82, 2.24) is 5.32 Å². The maximum Gasteiger partial charge on any atom is 0.123 e. The van der Waals surface area contributed by atoms with E-state index in [9.17, 15) is 0 Å². The molecule has 0 radical (unpaired) electrons. The van der Waals surface area contributed by atoms with Crippen molar-refractivity contribution in [3.8, 4) is 5.75 Å². The molecule has 23 heavy (non-hydrogen) atoms. The van der Waals surface area contributed by atoms with Gasteiger partial charge in [0.1, 0.15) is 11.9 Å². The van der Waals surface area contributed by atoms with Crippen LogP contribution in [0.5, 0.6) is 5.75 Å². The Bertz CT molecular complexity index is 664. The molecule has 0 saturated carbocycles. The summed E-state index contributed by atoms with van der Waals surface area (Å²) >= 11 is 6.09. The van der Waals surface area contributed by atoms with Crippen molar-refractivity contribution >= 4 is 11.6 Å². The number of rotatable bonds is 4. The molecule has 1 fully saturated rings. The first-order valence-corrected chi connectivity index (χ1v) is 8.75. The molecular weight excluding hydrogens is 306 g/mol. The molecule has 2 aromatic rings. The van der Waals surface area contributed by atoms with E-state index < -0.39 is 0 Å². The standard InChI is InChI=1S/C20H24ClNO/c1-14-19(16-9-11-22-12-10-16)7-4-8-20(14)23-15(2)17-5-3-6-18(21)13-17/h3-8,13,15-16,22H,9-12H2,1-2H3/t15-/m1/s1. The Morgan fingerprint density at radius 2 is 1.87 bits per heavy atom. The molecule has 1 aliphatic rings. The summed E-state index contributed by atoms with van der Waals surface area (Å²) < 4.78 is 6.24. The van der Waals surface area contributed by atoms with Crippen LogP contribution in [-0.4, -0.2) is 13.1 Å². The highest BCUT2D eigenvalue weighted by Gasteiger charge is 2.19. The third-order valence-electron chi connectivity index (χ3n) is 4.73. The van der Waals surface area contributed by atoms with Gasteiger partial charge in [-0.05, 0) is 80.6 Å². The highest BCUT2D eigenvalue weighted by atomic mass is 35.5. The molecule has 1 saturated heterocycles. The van der Waals surface area contributed by atoms with E-state index in [4.69, 9.17) is 16.3 Å². The predicted octanol–water partition coefficient (Wildman–Crippen LogP) is 5.26. The van der Waals surface area contributed by atoms with Crippen LogP contribution in [0, 0.1) is 6.92 Å². The number of benzene rings is 2. The van der Waals surface area contributed by atoms with Crippen LogP contribution < -0.4 is 10.1 Å². The Morgan fingerprint density at radius 3 is 2.61 bits per heavy atom. The van der Waals surface area contributed by atoms with Gasteiger partial charge in [0.25, 0.3) is 0 Å². The summed E-state index contributed by atoms with van der Waals surface area (Å²) in [5.74, 6) is 1.62. The summed E-state index contributed by atoms with van der Waals surface area (Å²) in [4.78, 5) is 0. The quantitative estimate of drug-likeness (QED) is 0.826. The van der Waals surface area contributed by atoms with Crippen LogP contribution in [0.2, 0.25) is 5.02 Å². The molecular formula is C20H24ClNO. The Balaban J connectivity index is 1.80. The fourth-order valence-electron chi connectivity index (χ4n) is 3.35. The van der Waals surface area contributed by atoms with E-state index in [0.29, 0.717) is 5.92 Å². The van der Waals surface area contributed by atoms with Gasteiger partial charge in [0.2, 0.25) is 0 Å². The zero-order valence-electron chi connectivity index (χ0n) is 13.8. The lowest BCUT2D eigenvalue weighted by Crippen LogP contribution is -2.27. The molecule has 0 unspecified atom stereocenters. The highest BCUT2D eigenvalue weighted by molar-refractivity contribution is 6.30. The fourth-order valence-corrected chi connectivity index (χ4v) is 3.55. The van der Waals surface area contributed by atoms with Crippen molar-refractivity contribution in [3.63, 3.8) is 0 Å². The van der Waals surface area contributed by atoms with Crippen molar-refractivity contribution in [2.75, 3.05) is 13.1 Å². The maximum atomic E-state index is 6.24. The van der Waals surface area contributed by atoms with E-state index in [1.165, 1.54) is 24.0 Å². The van der Waals surface area contributed by atoms with Crippen LogP contribution in [0.3, 0.4) is 0 Å². The van der Waals surface area contributed by atoms with Gasteiger partial charge in [-0.15, -0.1) is 0 Å². The molecule has 3 heteroatoms. The largest absolute Gasteiger partial charge is 0.486 e. The Kier molecular flexibility index (Phi) is 5.24. The zero-order chi connectivity index (χ0) is 16.2. The summed E-state index contributed by atoms with van der Waals surface area (Å²) in [6.07, 6.45) is 2.39. The second kappa shape index (κ2) is 7.37. The second-order valence-electron chi connectivity index (χ2n) is 6.31. The van der Waals surface area contributed by atoms with E-state index in [0.717, 1.165) is 29.4 Å². The fraction of sp³-hybridized carbons (Fsp3) is 0.400. The summed E-state index contributed by atoms with van der Waals surface area (Å²) in [5.41, 5.74) is 3.81. The van der Waals surface area contributed by atoms with Crippen LogP contribution in [0.15, 0.2) is 42.5 Å². The Morgan fingerprint density at radius 1 is 1.13 bits per heavy atom. The first-order chi connectivity index (χ1) is 11.1. The predicted molar refractivity (Wildman–Crippen MR) is 96.5 cm³/mol. The number of hydrogen-bond donors (Lipinski definition) is 1. The van der Waals surface area contributed by atoms with E-state index >= 15 is 0 Å². The molecule has 1 N–H and O–H groups in total. The van der Waals surface area contributed by atoms with Gasteiger partial charge >= 0.3 is 0 Å². The topological polar surface area (TPSA) is 21.3 Å². The first-order valence-electron chi connectivity index (χ1n) is 8.37. The van der Waals surface area contributed by atoms with Gasteiger partial charge < -0.3 is 10.1 Å². The maximum absolute atomic E-state index is 6.24. The smallest absolute Gasteiger partial charge is 0.123 e. The zero-order valence-corrected chi connectivity index (χ0v) is 14.6. The second-order valence-corrected chi connectivity index (χ2v) is 6.75. The van der Waals surface area contributed by atoms with Gasteiger partial charge in [-0.1, -0.05) is 35.9 Å². The van der Waals surface area contributed by atoms with Crippen LogP contribution >= 0.6 is 11.6 Å². The highest BCUT2D eigenvalue weighted by Crippen LogP contribution is 2.34. The summed E-state index contributed by atoms with van der Waals surface area (Å²) in [7, 11) is 0. The number of ether oxygens (including phenoxy) is 1. The minimum atomic E-state index is -0.0179. The van der Waals surface area contributed by atoms with Crippen molar-refractivity contribution < 1.29 is 4.74 Å². The van der Waals surface area contributed by atoms with Crippen molar-refractivity contribution in [1.29, 1.82) is 0 Å². The van der Waals surface area contributed by atoms with E-state index in [1.807, 2.05) is 18.2 Å². The van der Waals surface area contributed by atoms with E-state index in [-0.39, 0.29) is 6.10 Å². The SMILES string of the molecule is Cc1c(O[C@H](C)c2cccc(Cl)c2)cccc1C1CCNCC1.